The molecule has 6 heteroatoms. The van der Waals surface area contributed by atoms with Crippen molar-refractivity contribution in [1.29, 1.82) is 0 Å². The highest BCUT2D eigenvalue weighted by Crippen LogP contribution is 2.27. The predicted octanol–water partition coefficient (Wildman–Crippen LogP) is 5.70. The molecule has 0 radical (unpaired) electrons. The van der Waals surface area contributed by atoms with Crippen LogP contribution in [0.15, 0.2) is 81.8 Å². The van der Waals surface area contributed by atoms with Gasteiger partial charge in [-0.3, -0.25) is 9.89 Å². The SMILES string of the molecule is Cc1[nH]n(-c2ccc(Cl)cc2)c(=O)c1N=Nc1cccc2ccccc12. The van der Waals surface area contributed by atoms with Gasteiger partial charge in [0.25, 0.3) is 5.56 Å². The highest BCUT2D eigenvalue weighted by atomic mass is 35.5. The molecule has 0 atom stereocenters. The van der Waals surface area contributed by atoms with E-state index < -0.39 is 0 Å². The summed E-state index contributed by atoms with van der Waals surface area (Å²) in [5.41, 5.74) is 2.09. The van der Waals surface area contributed by atoms with E-state index >= 15 is 0 Å². The Morgan fingerprint density at radius 1 is 0.923 bits per heavy atom. The molecule has 0 fully saturated rings. The highest BCUT2D eigenvalue weighted by Gasteiger charge is 2.12. The molecule has 1 N–H and O–H groups in total. The van der Waals surface area contributed by atoms with Crippen molar-refractivity contribution >= 4 is 33.7 Å². The molecule has 0 aliphatic heterocycles. The summed E-state index contributed by atoms with van der Waals surface area (Å²) in [6, 6.07) is 20.8. The molecule has 5 nitrogen and oxygen atoms in total. The maximum absolute atomic E-state index is 12.7. The molecule has 0 spiro atoms. The lowest BCUT2D eigenvalue weighted by Gasteiger charge is -2.00. The van der Waals surface area contributed by atoms with E-state index in [1.807, 2.05) is 42.5 Å². The van der Waals surface area contributed by atoms with Crippen LogP contribution in [0.1, 0.15) is 5.69 Å². The number of rotatable bonds is 3. The molecular weight excluding hydrogens is 348 g/mol. The summed E-state index contributed by atoms with van der Waals surface area (Å²) in [7, 11) is 0. The number of aromatic amines is 1. The van der Waals surface area contributed by atoms with Crippen LogP contribution in [0.3, 0.4) is 0 Å². The van der Waals surface area contributed by atoms with Crippen LogP contribution < -0.4 is 5.56 Å². The number of halogens is 1. The zero-order valence-corrected chi connectivity index (χ0v) is 14.7. The van der Waals surface area contributed by atoms with Crippen molar-refractivity contribution < 1.29 is 0 Å². The third-order valence-corrected chi connectivity index (χ3v) is 4.40. The molecule has 4 rings (SSSR count). The van der Waals surface area contributed by atoms with Crippen LogP contribution in [0.2, 0.25) is 5.02 Å². The number of nitrogens with one attached hydrogen (secondary N) is 1. The van der Waals surface area contributed by atoms with Crippen molar-refractivity contribution in [2.75, 3.05) is 0 Å². The molecule has 26 heavy (non-hydrogen) atoms. The van der Waals surface area contributed by atoms with Crippen molar-refractivity contribution in [2.24, 2.45) is 10.2 Å². The molecule has 0 bridgehead atoms. The van der Waals surface area contributed by atoms with Gasteiger partial charge in [0.15, 0.2) is 5.69 Å². The predicted molar refractivity (Wildman–Crippen MR) is 104 cm³/mol. The van der Waals surface area contributed by atoms with Gasteiger partial charge in [0.2, 0.25) is 0 Å². The van der Waals surface area contributed by atoms with Gasteiger partial charge in [0.05, 0.1) is 17.1 Å². The molecule has 1 heterocycles. The zero-order chi connectivity index (χ0) is 18.1. The summed E-state index contributed by atoms with van der Waals surface area (Å²) in [6.45, 7) is 1.80. The summed E-state index contributed by atoms with van der Waals surface area (Å²) in [4.78, 5) is 12.7. The zero-order valence-electron chi connectivity index (χ0n) is 14.0. The Bertz CT molecular complexity index is 1170. The van der Waals surface area contributed by atoms with Crippen molar-refractivity contribution in [3.8, 4) is 5.69 Å². The number of azo groups is 1. The Labute approximate surface area is 154 Å². The summed E-state index contributed by atoms with van der Waals surface area (Å²) < 4.78 is 1.43. The minimum atomic E-state index is -0.256. The molecule has 3 aromatic carbocycles. The first-order chi connectivity index (χ1) is 12.6. The van der Waals surface area contributed by atoms with Gasteiger partial charge in [0.1, 0.15) is 0 Å². The van der Waals surface area contributed by atoms with Crippen LogP contribution in [0, 0.1) is 6.92 Å². The van der Waals surface area contributed by atoms with Crippen LogP contribution >= 0.6 is 11.6 Å². The van der Waals surface area contributed by atoms with Gasteiger partial charge in [-0.2, -0.15) is 0 Å². The minimum absolute atomic E-state index is 0.256. The maximum atomic E-state index is 12.7. The van der Waals surface area contributed by atoms with Gasteiger partial charge in [-0.15, -0.1) is 10.2 Å². The second-order valence-electron chi connectivity index (χ2n) is 5.90. The third-order valence-electron chi connectivity index (χ3n) is 4.15. The van der Waals surface area contributed by atoms with Gasteiger partial charge in [-0.25, -0.2) is 4.68 Å². The average Bonchev–Trinajstić information content (AvgIpc) is 2.94. The van der Waals surface area contributed by atoms with Crippen molar-refractivity contribution in [1.82, 2.24) is 9.78 Å². The first kappa shape index (κ1) is 16.3. The van der Waals surface area contributed by atoms with Crippen molar-refractivity contribution in [3.63, 3.8) is 0 Å². The monoisotopic (exact) mass is 362 g/mol. The second-order valence-corrected chi connectivity index (χ2v) is 6.34. The van der Waals surface area contributed by atoms with E-state index in [-0.39, 0.29) is 11.2 Å². The van der Waals surface area contributed by atoms with Gasteiger partial charge in [-0.1, -0.05) is 48.0 Å². The second kappa shape index (κ2) is 6.61. The minimum Gasteiger partial charge on any atom is -0.293 e. The first-order valence-corrected chi connectivity index (χ1v) is 8.48. The standard InChI is InChI=1S/C20H15ClN4O/c1-13-19(20(26)25(24-13)16-11-9-15(21)10-12-16)23-22-18-8-4-6-14-5-2-3-7-17(14)18/h2-12,24H,1H3. The van der Waals surface area contributed by atoms with Crippen LogP contribution in [0.4, 0.5) is 11.4 Å². The van der Waals surface area contributed by atoms with Crippen LogP contribution in [0.25, 0.3) is 16.5 Å². The summed E-state index contributed by atoms with van der Waals surface area (Å²) >= 11 is 5.91. The summed E-state index contributed by atoms with van der Waals surface area (Å²) in [5.74, 6) is 0. The average molecular weight is 363 g/mol. The molecular formula is C20H15ClN4O. The van der Waals surface area contributed by atoms with Gasteiger partial charge < -0.3 is 0 Å². The fraction of sp³-hybridized carbons (Fsp3) is 0.0500. The topological polar surface area (TPSA) is 62.5 Å². The first-order valence-electron chi connectivity index (χ1n) is 8.10. The lowest BCUT2D eigenvalue weighted by molar-refractivity contribution is 0.835. The molecule has 0 saturated heterocycles. The van der Waals surface area contributed by atoms with Crippen molar-refractivity contribution in [2.45, 2.75) is 6.92 Å². The number of H-pyrrole nitrogens is 1. The van der Waals surface area contributed by atoms with Crippen LogP contribution in [-0.4, -0.2) is 9.78 Å². The van der Waals surface area contributed by atoms with Gasteiger partial charge in [0, 0.05) is 10.4 Å². The number of aryl methyl sites for hydroxylation is 1. The number of fused-ring (bicyclic) bond motifs is 1. The molecule has 1 aromatic heterocycles. The number of benzene rings is 3. The highest BCUT2D eigenvalue weighted by molar-refractivity contribution is 6.30. The normalized spacial score (nSPS) is 11.5. The molecule has 0 aliphatic carbocycles. The molecule has 0 saturated carbocycles. The lowest BCUT2D eigenvalue weighted by atomic mass is 10.1. The van der Waals surface area contributed by atoms with E-state index in [1.54, 1.807) is 31.2 Å². The Morgan fingerprint density at radius 3 is 2.46 bits per heavy atom. The van der Waals surface area contributed by atoms with E-state index in [1.165, 1.54) is 4.68 Å². The van der Waals surface area contributed by atoms with E-state index in [0.29, 0.717) is 16.4 Å². The van der Waals surface area contributed by atoms with Crippen LogP contribution in [0.5, 0.6) is 0 Å². The fourth-order valence-corrected chi connectivity index (χ4v) is 2.95. The third kappa shape index (κ3) is 2.93. The number of nitrogens with zero attached hydrogens (tertiary/aromatic N) is 3. The molecule has 0 amide bonds. The quantitative estimate of drug-likeness (QED) is 0.467. The molecule has 0 unspecified atom stereocenters. The Hall–Kier alpha value is -3.18. The van der Waals surface area contributed by atoms with Gasteiger partial charge >= 0.3 is 0 Å². The number of hydrogen-bond donors (Lipinski definition) is 1. The van der Waals surface area contributed by atoms with Crippen molar-refractivity contribution in [3.05, 3.63) is 87.8 Å². The number of aromatic nitrogens is 2. The Morgan fingerprint density at radius 2 is 1.65 bits per heavy atom. The smallest absolute Gasteiger partial charge is 0.293 e. The molecule has 4 aromatic rings. The lowest BCUT2D eigenvalue weighted by Crippen LogP contribution is -2.13. The number of hydrogen-bond acceptors (Lipinski definition) is 3. The van der Waals surface area contributed by atoms with Gasteiger partial charge in [-0.05, 0) is 42.6 Å². The molecule has 0 aliphatic rings. The molecule has 128 valence electrons. The van der Waals surface area contributed by atoms with E-state index in [0.717, 1.165) is 16.5 Å². The Kier molecular flexibility index (Phi) is 4.14. The van der Waals surface area contributed by atoms with Crippen LogP contribution in [-0.2, 0) is 0 Å². The Balaban J connectivity index is 1.76. The fourth-order valence-electron chi connectivity index (χ4n) is 2.83. The largest absolute Gasteiger partial charge is 0.299 e. The van der Waals surface area contributed by atoms with E-state index in [9.17, 15) is 4.79 Å². The summed E-state index contributed by atoms with van der Waals surface area (Å²) in [6.07, 6.45) is 0. The maximum Gasteiger partial charge on any atom is 0.299 e. The van der Waals surface area contributed by atoms with E-state index in [2.05, 4.69) is 15.3 Å². The summed E-state index contributed by atoms with van der Waals surface area (Å²) in [5, 5.41) is 14.3. The van der Waals surface area contributed by atoms with E-state index in [4.69, 9.17) is 11.6 Å².